The number of methoxy groups -OCH3 is 1. The summed E-state index contributed by atoms with van der Waals surface area (Å²) in [5, 5.41) is 0.292. The quantitative estimate of drug-likeness (QED) is 0.333. The number of likely N-dealkylation sites (tertiary alicyclic amines) is 1. The predicted molar refractivity (Wildman–Crippen MR) is 91.5 cm³/mol. The molecule has 2 heterocycles. The summed E-state index contributed by atoms with van der Waals surface area (Å²) in [6.07, 6.45) is 2.17. The van der Waals surface area contributed by atoms with E-state index < -0.39 is 24.1 Å². The first-order valence-electron chi connectivity index (χ1n) is 8.30. The van der Waals surface area contributed by atoms with E-state index in [-0.39, 0.29) is 12.6 Å². The molecule has 1 amide bonds. The fourth-order valence-corrected chi connectivity index (χ4v) is 2.98. The highest BCUT2D eigenvalue weighted by molar-refractivity contribution is 6.29. The maximum Gasteiger partial charge on any atom is 0.418 e. The fraction of sp³-hybridized carbons (Fsp3) is 0.529. The van der Waals surface area contributed by atoms with Gasteiger partial charge >= 0.3 is 18.0 Å². The van der Waals surface area contributed by atoms with Crippen molar-refractivity contribution < 1.29 is 28.6 Å². The molecule has 9 heteroatoms. The maximum absolute atomic E-state index is 12.1. The van der Waals surface area contributed by atoms with E-state index in [0.29, 0.717) is 23.7 Å². The van der Waals surface area contributed by atoms with Crippen molar-refractivity contribution in [2.75, 3.05) is 20.3 Å². The summed E-state index contributed by atoms with van der Waals surface area (Å²) in [5.41, 5.74) is 0.572. The number of rotatable bonds is 5. The molecule has 2 rings (SSSR count). The lowest BCUT2D eigenvalue weighted by Gasteiger charge is -2.27. The number of carbonyl (C=O) groups excluding carboxylic acids is 3. The minimum atomic E-state index is -1.10. The average molecular weight is 385 g/mol. The molecule has 142 valence electrons. The van der Waals surface area contributed by atoms with Gasteiger partial charge in [0.15, 0.2) is 0 Å². The molecule has 0 aromatic carbocycles. The number of ether oxygens (including phenoxy) is 3. The molecule has 0 bridgehead atoms. The van der Waals surface area contributed by atoms with Crippen molar-refractivity contribution in [1.29, 1.82) is 0 Å². The summed E-state index contributed by atoms with van der Waals surface area (Å²) in [4.78, 5) is 41.0. The second-order valence-electron chi connectivity index (χ2n) is 5.72. The Morgan fingerprint density at radius 1 is 1.35 bits per heavy atom. The van der Waals surface area contributed by atoms with Crippen LogP contribution in [0.15, 0.2) is 18.3 Å². The van der Waals surface area contributed by atoms with Gasteiger partial charge in [0, 0.05) is 30.8 Å². The summed E-state index contributed by atoms with van der Waals surface area (Å²) in [6.45, 7) is 2.59. The number of carbonyl (C=O) groups is 3. The zero-order chi connectivity index (χ0) is 19.1. The molecule has 0 saturated carbocycles. The number of halogens is 1. The summed E-state index contributed by atoms with van der Waals surface area (Å²) in [6, 6.07) is 3.04. The first-order chi connectivity index (χ1) is 12.5. The van der Waals surface area contributed by atoms with Crippen molar-refractivity contribution in [2.24, 2.45) is 0 Å². The molecule has 0 aliphatic carbocycles. The molecule has 26 heavy (non-hydrogen) atoms. The van der Waals surface area contributed by atoms with E-state index in [1.165, 1.54) is 6.20 Å². The lowest BCUT2D eigenvalue weighted by molar-refractivity contribution is -0.170. The number of amides is 1. The molecule has 1 aliphatic heterocycles. The normalized spacial score (nSPS) is 17.5. The largest absolute Gasteiger partial charge is 0.461 e. The Kier molecular flexibility index (Phi) is 7.20. The third-order valence-electron chi connectivity index (χ3n) is 4.09. The molecule has 8 nitrogen and oxygen atoms in total. The Labute approximate surface area is 156 Å². The molecule has 1 aromatic heterocycles. The number of nitrogens with zero attached hydrogens (tertiary/aromatic N) is 2. The smallest absolute Gasteiger partial charge is 0.418 e. The van der Waals surface area contributed by atoms with Gasteiger partial charge in [0.05, 0.1) is 13.7 Å². The van der Waals surface area contributed by atoms with Gasteiger partial charge in [0.2, 0.25) is 0 Å². The van der Waals surface area contributed by atoms with Crippen molar-refractivity contribution in [1.82, 2.24) is 9.88 Å². The van der Waals surface area contributed by atoms with E-state index in [1.807, 2.05) is 0 Å². The van der Waals surface area contributed by atoms with Gasteiger partial charge in [0.1, 0.15) is 11.3 Å². The second-order valence-corrected chi connectivity index (χ2v) is 6.11. The zero-order valence-corrected chi connectivity index (χ0v) is 15.4. The van der Waals surface area contributed by atoms with Gasteiger partial charge in [0.25, 0.3) is 0 Å². The topological polar surface area (TPSA) is 95.0 Å². The summed E-state index contributed by atoms with van der Waals surface area (Å²) in [5.74, 6) is -2.20. The van der Waals surface area contributed by atoms with Crippen LogP contribution >= 0.6 is 11.6 Å². The van der Waals surface area contributed by atoms with Gasteiger partial charge in [-0.1, -0.05) is 17.7 Å². The van der Waals surface area contributed by atoms with Crippen molar-refractivity contribution in [2.45, 2.75) is 38.3 Å². The van der Waals surface area contributed by atoms with Gasteiger partial charge in [-0.25, -0.2) is 19.4 Å². The van der Waals surface area contributed by atoms with Gasteiger partial charge in [-0.15, -0.1) is 0 Å². The monoisotopic (exact) mass is 384 g/mol. The van der Waals surface area contributed by atoms with E-state index in [0.717, 1.165) is 20.0 Å². The van der Waals surface area contributed by atoms with Gasteiger partial charge < -0.3 is 19.1 Å². The van der Waals surface area contributed by atoms with Crippen LogP contribution in [-0.2, 0) is 23.8 Å². The first-order valence-corrected chi connectivity index (χ1v) is 8.67. The minimum absolute atomic E-state index is 0.180. The number of hydrogen-bond donors (Lipinski definition) is 0. The first kappa shape index (κ1) is 20.0. The van der Waals surface area contributed by atoms with Gasteiger partial charge in [-0.3, -0.25) is 0 Å². The lowest BCUT2D eigenvalue weighted by Crippen LogP contribution is -2.37. The number of aromatic nitrogens is 1. The molecule has 0 radical (unpaired) electrons. The highest BCUT2D eigenvalue weighted by Gasteiger charge is 2.34. The fourth-order valence-electron chi connectivity index (χ4n) is 2.87. The van der Waals surface area contributed by atoms with Crippen molar-refractivity contribution in [3.63, 3.8) is 0 Å². The van der Waals surface area contributed by atoms with Crippen molar-refractivity contribution in [3.05, 3.63) is 29.0 Å². The maximum atomic E-state index is 12.1. The van der Waals surface area contributed by atoms with E-state index in [1.54, 1.807) is 24.0 Å². The van der Waals surface area contributed by atoms with Crippen LogP contribution < -0.4 is 0 Å². The highest BCUT2D eigenvalue weighted by Crippen LogP contribution is 2.30. The minimum Gasteiger partial charge on any atom is -0.461 e. The molecule has 2 atom stereocenters. The van der Waals surface area contributed by atoms with Gasteiger partial charge in [-0.05, 0) is 25.8 Å². The van der Waals surface area contributed by atoms with Crippen molar-refractivity contribution in [3.8, 4) is 0 Å². The Morgan fingerprint density at radius 3 is 2.73 bits per heavy atom. The highest BCUT2D eigenvalue weighted by atomic mass is 35.5. The molecule has 0 N–H and O–H groups in total. The second kappa shape index (κ2) is 9.38. The standard InChI is InChI=1S/C17H21ClN2O6/c1-3-25-17(23)20-8-4-5-12(20)9-13(26-16(22)15(21)24-2)11-6-7-14(18)19-10-11/h6-7,10,12-13H,3-5,8-9H2,1-2H3. The SMILES string of the molecule is CCOC(=O)N1CCCC1CC(OC(=O)C(=O)OC)c1ccc(Cl)nc1. The Morgan fingerprint density at radius 2 is 2.12 bits per heavy atom. The molecular weight excluding hydrogens is 364 g/mol. The van der Waals surface area contributed by atoms with Crippen LogP contribution in [0.5, 0.6) is 0 Å². The molecule has 1 aliphatic rings. The molecule has 1 aromatic rings. The van der Waals surface area contributed by atoms with Crippen LogP contribution in [0.3, 0.4) is 0 Å². The third kappa shape index (κ3) is 5.08. The molecular formula is C17H21ClN2O6. The van der Waals surface area contributed by atoms with Crippen LogP contribution in [0.1, 0.15) is 37.9 Å². The molecule has 2 unspecified atom stereocenters. The molecule has 0 spiro atoms. The van der Waals surface area contributed by atoms with Crippen LogP contribution in [-0.4, -0.2) is 54.2 Å². The Balaban J connectivity index is 2.17. The molecule has 1 fully saturated rings. The Hall–Kier alpha value is -2.35. The number of esters is 2. The van der Waals surface area contributed by atoms with Crippen LogP contribution in [0.25, 0.3) is 0 Å². The van der Waals surface area contributed by atoms with E-state index in [9.17, 15) is 14.4 Å². The van der Waals surface area contributed by atoms with Crippen LogP contribution in [0.4, 0.5) is 4.79 Å². The van der Waals surface area contributed by atoms with E-state index >= 15 is 0 Å². The zero-order valence-electron chi connectivity index (χ0n) is 14.6. The predicted octanol–water partition coefficient (Wildman–Crippen LogP) is 2.50. The average Bonchev–Trinajstić information content (AvgIpc) is 3.09. The van der Waals surface area contributed by atoms with Crippen LogP contribution in [0, 0.1) is 0 Å². The van der Waals surface area contributed by atoms with Crippen LogP contribution in [0.2, 0.25) is 5.15 Å². The summed E-state index contributed by atoms with van der Waals surface area (Å²) in [7, 11) is 1.10. The third-order valence-corrected chi connectivity index (χ3v) is 4.31. The van der Waals surface area contributed by atoms with Crippen molar-refractivity contribution >= 4 is 29.6 Å². The lowest BCUT2D eigenvalue weighted by atomic mass is 10.0. The van der Waals surface area contributed by atoms with Gasteiger partial charge in [-0.2, -0.15) is 0 Å². The summed E-state index contributed by atoms with van der Waals surface area (Å²) >= 11 is 5.80. The van der Waals surface area contributed by atoms with E-state index in [2.05, 4.69) is 9.72 Å². The molecule has 1 saturated heterocycles. The number of pyridine rings is 1. The van der Waals surface area contributed by atoms with E-state index in [4.69, 9.17) is 21.1 Å². The number of hydrogen-bond acceptors (Lipinski definition) is 7. The summed E-state index contributed by atoms with van der Waals surface area (Å²) < 4.78 is 14.8. The Bertz CT molecular complexity index is 651.